The average molecular weight is 344 g/mol. The van der Waals surface area contributed by atoms with Gasteiger partial charge in [0.15, 0.2) is 0 Å². The van der Waals surface area contributed by atoms with Gasteiger partial charge in [0.05, 0.1) is 29.1 Å². The highest BCUT2D eigenvalue weighted by molar-refractivity contribution is 8.00. The lowest BCUT2D eigenvalue weighted by Gasteiger charge is -2.12. The van der Waals surface area contributed by atoms with E-state index >= 15 is 0 Å². The summed E-state index contributed by atoms with van der Waals surface area (Å²) in [5.74, 6) is 0.446. The normalized spacial score (nSPS) is 17.7. The van der Waals surface area contributed by atoms with Crippen molar-refractivity contribution in [1.82, 2.24) is 0 Å². The lowest BCUT2D eigenvalue weighted by atomic mass is 10.1. The maximum absolute atomic E-state index is 12.8. The first-order valence-corrected chi connectivity index (χ1v) is 8.16. The van der Waals surface area contributed by atoms with Crippen molar-refractivity contribution in [2.24, 2.45) is 0 Å². The molecule has 1 amide bonds. The zero-order valence-electron chi connectivity index (χ0n) is 12.2. The van der Waals surface area contributed by atoms with Gasteiger partial charge in [-0.1, -0.05) is 0 Å². The summed E-state index contributed by atoms with van der Waals surface area (Å²) in [6.45, 7) is 0.739. The van der Waals surface area contributed by atoms with E-state index in [1.165, 1.54) is 23.9 Å². The molecule has 0 saturated carbocycles. The molecule has 124 valence electrons. The molecule has 4 nitrogen and oxygen atoms in total. The first-order valence-electron chi connectivity index (χ1n) is 7.00. The number of anilines is 1. The molecule has 1 atom stereocenters. The van der Waals surface area contributed by atoms with Gasteiger partial charge in [-0.05, 0) is 31.0 Å². The Kier molecular flexibility index (Phi) is 5.91. The highest BCUT2D eigenvalue weighted by Crippen LogP contribution is 2.33. The second kappa shape index (κ2) is 7.70. The number of thioether (sulfide) groups is 1. The van der Waals surface area contributed by atoms with Crippen LogP contribution < -0.4 is 5.32 Å². The molecule has 0 radical (unpaired) electrons. The van der Waals surface area contributed by atoms with Crippen LogP contribution in [0.1, 0.15) is 24.0 Å². The smallest absolute Gasteiger partial charge is 0.377 e. The van der Waals surface area contributed by atoms with Crippen molar-refractivity contribution >= 4 is 23.4 Å². The quantitative estimate of drug-likeness (QED) is 0.889. The second-order valence-electron chi connectivity index (χ2n) is 5.07. The van der Waals surface area contributed by atoms with Crippen molar-refractivity contribution < 1.29 is 22.7 Å². The van der Waals surface area contributed by atoms with E-state index in [0.717, 1.165) is 31.6 Å². The fourth-order valence-corrected chi connectivity index (χ4v) is 3.11. The monoisotopic (exact) mass is 344 g/mol. The van der Waals surface area contributed by atoms with E-state index in [1.807, 2.05) is 0 Å². The molecule has 0 bridgehead atoms. The van der Waals surface area contributed by atoms with Gasteiger partial charge in [-0.25, -0.2) is 0 Å². The molecule has 1 aromatic rings. The Morgan fingerprint density at radius 3 is 2.87 bits per heavy atom. The Morgan fingerprint density at radius 2 is 2.26 bits per heavy atom. The number of carbonyl (C=O) groups excluding carboxylic acids is 1. The number of nitrogens with one attached hydrogen (secondary N) is 1. The molecule has 8 heteroatoms. The molecule has 0 unspecified atom stereocenters. The van der Waals surface area contributed by atoms with Crippen LogP contribution in [0.2, 0.25) is 0 Å². The number of nitriles is 1. The lowest BCUT2D eigenvalue weighted by Crippen LogP contribution is -2.17. The van der Waals surface area contributed by atoms with Crippen molar-refractivity contribution in [1.29, 1.82) is 5.26 Å². The Hall–Kier alpha value is -1.72. The van der Waals surface area contributed by atoms with Gasteiger partial charge in [-0.15, -0.1) is 11.8 Å². The minimum atomic E-state index is -4.64. The van der Waals surface area contributed by atoms with Gasteiger partial charge in [0, 0.05) is 18.0 Å². The van der Waals surface area contributed by atoms with Crippen molar-refractivity contribution in [2.75, 3.05) is 23.4 Å². The Labute approximate surface area is 136 Å². The molecule has 1 aliphatic heterocycles. The van der Waals surface area contributed by atoms with Crippen LogP contribution in [-0.4, -0.2) is 30.1 Å². The third-order valence-electron chi connectivity index (χ3n) is 3.29. The Bertz CT molecular complexity index is 608. The summed E-state index contributed by atoms with van der Waals surface area (Å²) in [5, 5.41) is 11.1. The largest absolute Gasteiger partial charge is 0.417 e. The molecule has 1 heterocycles. The number of rotatable bonds is 5. The third-order valence-corrected chi connectivity index (χ3v) is 4.36. The van der Waals surface area contributed by atoms with E-state index < -0.39 is 17.3 Å². The van der Waals surface area contributed by atoms with E-state index in [-0.39, 0.29) is 23.5 Å². The molecule has 1 aromatic carbocycles. The molecular formula is C15H15F3N2O2S. The predicted molar refractivity (Wildman–Crippen MR) is 81.1 cm³/mol. The number of benzene rings is 1. The highest BCUT2D eigenvalue weighted by atomic mass is 32.2. The van der Waals surface area contributed by atoms with Crippen molar-refractivity contribution in [2.45, 2.75) is 25.1 Å². The maximum Gasteiger partial charge on any atom is 0.417 e. The highest BCUT2D eigenvalue weighted by Gasteiger charge is 2.33. The molecule has 0 spiro atoms. The molecule has 23 heavy (non-hydrogen) atoms. The molecule has 0 aromatic heterocycles. The number of halogens is 3. The van der Waals surface area contributed by atoms with E-state index in [2.05, 4.69) is 5.32 Å². The topological polar surface area (TPSA) is 62.1 Å². The van der Waals surface area contributed by atoms with Crippen LogP contribution in [0.4, 0.5) is 18.9 Å². The van der Waals surface area contributed by atoms with Gasteiger partial charge in [0.2, 0.25) is 5.91 Å². The number of ether oxygens (including phenoxy) is 1. The van der Waals surface area contributed by atoms with Gasteiger partial charge in [0.1, 0.15) is 0 Å². The Morgan fingerprint density at radius 1 is 1.48 bits per heavy atom. The third kappa shape index (κ3) is 5.15. The van der Waals surface area contributed by atoms with Gasteiger partial charge in [0.25, 0.3) is 0 Å². The summed E-state index contributed by atoms with van der Waals surface area (Å²) >= 11 is 1.38. The first kappa shape index (κ1) is 17.6. The van der Waals surface area contributed by atoms with Crippen LogP contribution in [0.15, 0.2) is 18.2 Å². The van der Waals surface area contributed by atoms with Crippen molar-refractivity contribution in [3.8, 4) is 6.07 Å². The van der Waals surface area contributed by atoms with Gasteiger partial charge in [-0.2, -0.15) is 18.4 Å². The summed E-state index contributed by atoms with van der Waals surface area (Å²) in [5.41, 5.74) is -1.49. The summed E-state index contributed by atoms with van der Waals surface area (Å²) < 4.78 is 44.0. The van der Waals surface area contributed by atoms with Crippen molar-refractivity contribution in [3.63, 3.8) is 0 Å². The van der Waals surface area contributed by atoms with Gasteiger partial charge in [-0.3, -0.25) is 4.79 Å². The summed E-state index contributed by atoms with van der Waals surface area (Å²) in [7, 11) is 0. The minimum absolute atomic E-state index is 0.0269. The van der Waals surface area contributed by atoms with Crippen molar-refractivity contribution in [3.05, 3.63) is 29.3 Å². The van der Waals surface area contributed by atoms with Crippen LogP contribution in [0.5, 0.6) is 0 Å². The summed E-state index contributed by atoms with van der Waals surface area (Å²) in [4.78, 5) is 11.8. The van der Waals surface area contributed by atoms with Crippen LogP contribution >= 0.6 is 11.8 Å². The minimum Gasteiger partial charge on any atom is -0.377 e. The number of hydrogen-bond donors (Lipinski definition) is 1. The second-order valence-corrected chi connectivity index (χ2v) is 6.10. The average Bonchev–Trinajstić information content (AvgIpc) is 2.99. The molecule has 1 saturated heterocycles. The molecule has 2 rings (SSSR count). The number of nitrogens with zero attached hydrogens (tertiary/aromatic N) is 1. The molecular weight excluding hydrogens is 329 g/mol. The standard InChI is InChI=1S/C15H15F3N2O2S/c16-15(17,18)13-6-11(4-3-10(13)7-19)20-14(21)9-23-8-12-2-1-5-22-12/h3-4,6,12H,1-2,5,8-9H2,(H,20,21)/t12-/m0/s1. The molecule has 1 aliphatic rings. The summed E-state index contributed by atoms with van der Waals surface area (Å²) in [6, 6.07) is 4.62. The van der Waals surface area contributed by atoms with Gasteiger partial charge < -0.3 is 10.1 Å². The molecule has 1 fully saturated rings. The van der Waals surface area contributed by atoms with Crippen LogP contribution in [0.3, 0.4) is 0 Å². The Balaban J connectivity index is 1.91. The van der Waals surface area contributed by atoms with Crippen LogP contribution in [0.25, 0.3) is 0 Å². The first-order chi connectivity index (χ1) is 10.9. The number of hydrogen-bond acceptors (Lipinski definition) is 4. The van der Waals surface area contributed by atoms with Gasteiger partial charge >= 0.3 is 6.18 Å². The van der Waals surface area contributed by atoms with Crippen LogP contribution in [0, 0.1) is 11.3 Å². The number of carbonyl (C=O) groups is 1. The summed E-state index contributed by atoms with van der Waals surface area (Å²) in [6.07, 6.45) is -2.50. The predicted octanol–water partition coefficient (Wildman–Crippen LogP) is 3.43. The molecule has 0 aliphatic carbocycles. The zero-order chi connectivity index (χ0) is 16.9. The van der Waals surface area contributed by atoms with Crippen LogP contribution in [-0.2, 0) is 15.7 Å². The van der Waals surface area contributed by atoms with E-state index in [9.17, 15) is 18.0 Å². The fourth-order valence-electron chi connectivity index (χ4n) is 2.21. The fraction of sp³-hybridized carbons (Fsp3) is 0.467. The molecule has 1 N–H and O–H groups in total. The van der Waals surface area contributed by atoms with E-state index in [1.54, 1.807) is 0 Å². The zero-order valence-corrected chi connectivity index (χ0v) is 13.0. The van der Waals surface area contributed by atoms with E-state index in [0.29, 0.717) is 5.75 Å². The number of alkyl halides is 3. The maximum atomic E-state index is 12.8. The van der Waals surface area contributed by atoms with E-state index in [4.69, 9.17) is 10.00 Å². The SMILES string of the molecule is N#Cc1ccc(NC(=O)CSC[C@@H]2CCCO2)cc1C(F)(F)F. The lowest BCUT2D eigenvalue weighted by molar-refractivity contribution is -0.137. The number of amides is 1.